The van der Waals surface area contributed by atoms with Gasteiger partial charge in [-0.25, -0.2) is 4.79 Å². The number of morpholine rings is 1. The van der Waals surface area contributed by atoms with Gasteiger partial charge in [0.2, 0.25) is 0 Å². The van der Waals surface area contributed by atoms with E-state index in [1.807, 2.05) is 4.90 Å². The third kappa shape index (κ3) is 4.64. The SMILES string of the molecule is COC(=O)c1cc(NC(=O)c2ccc([N+](=O)[O-])cc2Cl)ccc1N1CCOCC1. The fraction of sp³-hybridized carbons (Fsp3) is 0.263. The molecule has 1 aliphatic rings. The molecule has 2 aromatic carbocycles. The number of esters is 1. The Balaban J connectivity index is 1.86. The Morgan fingerprint density at radius 1 is 1.17 bits per heavy atom. The molecule has 0 saturated carbocycles. The molecule has 0 spiro atoms. The second kappa shape index (κ2) is 8.89. The summed E-state index contributed by atoms with van der Waals surface area (Å²) in [7, 11) is 1.29. The predicted octanol–water partition coefficient (Wildman–Crippen LogP) is 3.12. The van der Waals surface area contributed by atoms with Gasteiger partial charge in [-0.1, -0.05) is 11.6 Å². The van der Waals surface area contributed by atoms with E-state index in [9.17, 15) is 19.7 Å². The van der Waals surface area contributed by atoms with Crippen molar-refractivity contribution in [1.82, 2.24) is 0 Å². The second-order valence-electron chi connectivity index (χ2n) is 6.20. The maximum atomic E-state index is 12.5. The lowest BCUT2D eigenvalue weighted by atomic mass is 10.1. The van der Waals surface area contributed by atoms with Crippen molar-refractivity contribution in [3.63, 3.8) is 0 Å². The van der Waals surface area contributed by atoms with Crippen LogP contribution in [0, 0.1) is 10.1 Å². The Labute approximate surface area is 171 Å². The molecule has 0 aliphatic carbocycles. The molecule has 1 heterocycles. The van der Waals surface area contributed by atoms with Gasteiger partial charge in [0.25, 0.3) is 11.6 Å². The molecular weight excluding hydrogens is 402 g/mol. The number of rotatable bonds is 5. The van der Waals surface area contributed by atoms with Gasteiger partial charge in [-0.3, -0.25) is 14.9 Å². The van der Waals surface area contributed by atoms with E-state index in [2.05, 4.69) is 5.32 Å². The number of hydrogen-bond acceptors (Lipinski definition) is 7. The highest BCUT2D eigenvalue weighted by Gasteiger charge is 2.21. The van der Waals surface area contributed by atoms with E-state index >= 15 is 0 Å². The monoisotopic (exact) mass is 419 g/mol. The van der Waals surface area contributed by atoms with Crippen LogP contribution in [-0.4, -0.2) is 50.2 Å². The number of ether oxygens (including phenoxy) is 2. The number of nitro groups is 1. The van der Waals surface area contributed by atoms with E-state index in [0.717, 1.165) is 6.07 Å². The first-order valence-corrected chi connectivity index (χ1v) is 9.09. The van der Waals surface area contributed by atoms with Crippen LogP contribution in [-0.2, 0) is 9.47 Å². The fourth-order valence-electron chi connectivity index (χ4n) is 2.97. The Morgan fingerprint density at radius 3 is 2.52 bits per heavy atom. The van der Waals surface area contributed by atoms with Crippen molar-refractivity contribution in [2.24, 2.45) is 0 Å². The Hall–Kier alpha value is -3.17. The maximum Gasteiger partial charge on any atom is 0.340 e. The molecule has 0 radical (unpaired) electrons. The number of halogens is 1. The van der Waals surface area contributed by atoms with Crippen LogP contribution in [0.3, 0.4) is 0 Å². The van der Waals surface area contributed by atoms with Gasteiger partial charge in [0.1, 0.15) is 0 Å². The van der Waals surface area contributed by atoms with Crippen LogP contribution in [0.25, 0.3) is 0 Å². The molecule has 1 fully saturated rings. The van der Waals surface area contributed by atoms with Crippen LogP contribution in [0.2, 0.25) is 5.02 Å². The topological polar surface area (TPSA) is 111 Å². The molecule has 152 valence electrons. The number of benzene rings is 2. The normalized spacial score (nSPS) is 13.7. The molecular formula is C19H18ClN3O6. The third-order valence-electron chi connectivity index (χ3n) is 4.42. The number of nitrogens with one attached hydrogen (secondary N) is 1. The second-order valence-corrected chi connectivity index (χ2v) is 6.61. The minimum Gasteiger partial charge on any atom is -0.465 e. The number of anilines is 2. The molecule has 1 N–H and O–H groups in total. The molecule has 3 rings (SSSR count). The largest absolute Gasteiger partial charge is 0.465 e. The van der Waals surface area contributed by atoms with E-state index in [1.54, 1.807) is 12.1 Å². The van der Waals surface area contributed by atoms with Crippen molar-refractivity contribution in [1.29, 1.82) is 0 Å². The molecule has 29 heavy (non-hydrogen) atoms. The molecule has 10 heteroatoms. The van der Waals surface area contributed by atoms with E-state index in [1.165, 1.54) is 25.3 Å². The van der Waals surface area contributed by atoms with Crippen LogP contribution >= 0.6 is 11.6 Å². The molecule has 0 aromatic heterocycles. The Kier molecular flexibility index (Phi) is 6.30. The van der Waals surface area contributed by atoms with Gasteiger partial charge < -0.3 is 19.7 Å². The van der Waals surface area contributed by atoms with E-state index in [4.69, 9.17) is 21.1 Å². The van der Waals surface area contributed by atoms with E-state index in [0.29, 0.717) is 43.2 Å². The minimum atomic E-state index is -0.597. The molecule has 0 unspecified atom stereocenters. The number of nitrogens with zero attached hydrogens (tertiary/aromatic N) is 2. The van der Waals surface area contributed by atoms with Crippen molar-refractivity contribution in [2.75, 3.05) is 43.6 Å². The van der Waals surface area contributed by atoms with Gasteiger partial charge >= 0.3 is 5.97 Å². The van der Waals surface area contributed by atoms with Gasteiger partial charge in [-0.05, 0) is 24.3 Å². The number of methoxy groups -OCH3 is 1. The predicted molar refractivity (Wildman–Crippen MR) is 107 cm³/mol. The standard InChI is InChI=1S/C19H18ClN3O6/c1-28-19(25)15-10-12(2-5-17(15)22-6-8-29-9-7-22)21-18(24)14-4-3-13(23(26)27)11-16(14)20/h2-5,10-11H,6-9H2,1H3,(H,21,24). The smallest absolute Gasteiger partial charge is 0.340 e. The van der Waals surface area contributed by atoms with Crippen LogP contribution in [0.1, 0.15) is 20.7 Å². The minimum absolute atomic E-state index is 0.0465. The molecule has 0 atom stereocenters. The van der Waals surface area contributed by atoms with Crippen molar-refractivity contribution in [2.45, 2.75) is 0 Å². The van der Waals surface area contributed by atoms with Crippen molar-refractivity contribution in [3.05, 3.63) is 62.7 Å². The van der Waals surface area contributed by atoms with Gasteiger partial charge in [0, 0.05) is 30.9 Å². The number of non-ortho nitro benzene ring substituents is 1. The number of carbonyl (C=O) groups is 2. The van der Waals surface area contributed by atoms with Crippen molar-refractivity contribution < 1.29 is 24.0 Å². The molecule has 1 amide bonds. The lowest BCUT2D eigenvalue weighted by molar-refractivity contribution is -0.384. The van der Waals surface area contributed by atoms with Gasteiger partial charge in [-0.15, -0.1) is 0 Å². The molecule has 9 nitrogen and oxygen atoms in total. The third-order valence-corrected chi connectivity index (χ3v) is 4.73. The summed E-state index contributed by atoms with van der Waals surface area (Å²) < 4.78 is 10.2. The number of carbonyl (C=O) groups excluding carboxylic acids is 2. The zero-order valence-electron chi connectivity index (χ0n) is 15.5. The number of amides is 1. The Bertz CT molecular complexity index is 959. The summed E-state index contributed by atoms with van der Waals surface area (Å²) >= 11 is 6.01. The number of nitro benzene ring substituents is 1. The summed E-state index contributed by atoms with van der Waals surface area (Å²) in [5.41, 5.74) is 1.22. The lowest BCUT2D eigenvalue weighted by Crippen LogP contribution is -2.37. The zero-order chi connectivity index (χ0) is 21.0. The molecule has 1 saturated heterocycles. The average molecular weight is 420 g/mol. The summed E-state index contributed by atoms with van der Waals surface area (Å²) in [5.74, 6) is -1.09. The summed E-state index contributed by atoms with van der Waals surface area (Å²) in [6, 6.07) is 8.49. The van der Waals surface area contributed by atoms with Gasteiger partial charge in [0.15, 0.2) is 0 Å². The maximum absolute atomic E-state index is 12.5. The average Bonchev–Trinajstić information content (AvgIpc) is 2.73. The molecule has 0 bridgehead atoms. The van der Waals surface area contributed by atoms with Gasteiger partial charge in [0.05, 0.1) is 47.1 Å². The molecule has 1 aliphatic heterocycles. The van der Waals surface area contributed by atoms with Crippen LogP contribution in [0.4, 0.5) is 17.1 Å². The summed E-state index contributed by atoms with van der Waals surface area (Å²) in [6.45, 7) is 2.37. The fourth-order valence-corrected chi connectivity index (χ4v) is 3.23. The van der Waals surface area contributed by atoms with Crippen LogP contribution in [0.15, 0.2) is 36.4 Å². The summed E-state index contributed by atoms with van der Waals surface area (Å²) in [4.78, 5) is 37.0. The first kappa shape index (κ1) is 20.6. The lowest BCUT2D eigenvalue weighted by Gasteiger charge is -2.30. The highest BCUT2D eigenvalue weighted by atomic mass is 35.5. The van der Waals surface area contributed by atoms with Crippen LogP contribution in [0.5, 0.6) is 0 Å². The van der Waals surface area contributed by atoms with Crippen molar-refractivity contribution in [3.8, 4) is 0 Å². The first-order valence-electron chi connectivity index (χ1n) is 8.71. The zero-order valence-corrected chi connectivity index (χ0v) is 16.3. The Morgan fingerprint density at radius 2 is 1.90 bits per heavy atom. The quantitative estimate of drug-likeness (QED) is 0.450. The highest BCUT2D eigenvalue weighted by molar-refractivity contribution is 6.34. The van der Waals surface area contributed by atoms with E-state index < -0.39 is 16.8 Å². The van der Waals surface area contributed by atoms with Crippen LogP contribution < -0.4 is 10.2 Å². The first-order chi connectivity index (χ1) is 13.9. The molecule has 2 aromatic rings. The number of hydrogen-bond donors (Lipinski definition) is 1. The van der Waals surface area contributed by atoms with Gasteiger partial charge in [-0.2, -0.15) is 0 Å². The summed E-state index contributed by atoms with van der Waals surface area (Å²) in [5, 5.41) is 13.4. The van der Waals surface area contributed by atoms with Crippen molar-refractivity contribution >= 4 is 40.5 Å². The van der Waals surface area contributed by atoms with E-state index in [-0.39, 0.29) is 16.3 Å². The summed E-state index contributed by atoms with van der Waals surface area (Å²) in [6.07, 6.45) is 0. The highest BCUT2D eigenvalue weighted by Crippen LogP contribution is 2.28.